The van der Waals surface area contributed by atoms with Crippen LogP contribution in [0.3, 0.4) is 0 Å². The van der Waals surface area contributed by atoms with Gasteiger partial charge in [0, 0.05) is 20.6 Å². The number of carbonyl (C=O) groups is 1. The Morgan fingerprint density at radius 3 is 2.71 bits per heavy atom. The van der Waals surface area contributed by atoms with Gasteiger partial charge in [0.1, 0.15) is 0 Å². The molecular formula is C15H9BrClFN2O. The number of alkyl halides is 1. The van der Waals surface area contributed by atoms with Crippen LogP contribution in [0.1, 0.15) is 11.1 Å². The Kier molecular flexibility index (Phi) is 3.78. The molecule has 0 saturated heterocycles. The molecule has 0 spiro atoms. The van der Waals surface area contributed by atoms with E-state index in [1.807, 2.05) is 0 Å². The number of halogens is 3. The molecule has 106 valence electrons. The van der Waals surface area contributed by atoms with Crippen LogP contribution in [0.2, 0.25) is 5.02 Å². The maximum atomic E-state index is 13.9. The Hall–Kier alpha value is -1.72. The zero-order valence-electron chi connectivity index (χ0n) is 10.6. The number of benzene rings is 2. The standard InChI is InChI=1S/C15H9BrClFN2O/c16-8-5-6-12-10(7-8)13(20-14(18)15(21)19-12)9-3-1-2-4-11(9)17/h1-7,14H,(H,19,21). The molecule has 1 atom stereocenters. The van der Waals surface area contributed by atoms with Crippen molar-refractivity contribution in [1.29, 1.82) is 0 Å². The summed E-state index contributed by atoms with van der Waals surface area (Å²) in [7, 11) is 0. The first-order valence-electron chi connectivity index (χ1n) is 6.14. The summed E-state index contributed by atoms with van der Waals surface area (Å²) < 4.78 is 14.7. The van der Waals surface area contributed by atoms with Crippen molar-refractivity contribution in [2.75, 3.05) is 5.32 Å². The summed E-state index contributed by atoms with van der Waals surface area (Å²) in [5.41, 5.74) is 2.05. The molecule has 0 aliphatic carbocycles. The molecule has 1 aliphatic heterocycles. The van der Waals surface area contributed by atoms with Crippen molar-refractivity contribution in [3.05, 3.63) is 63.1 Å². The van der Waals surface area contributed by atoms with Crippen LogP contribution in [0.4, 0.5) is 10.1 Å². The largest absolute Gasteiger partial charge is 0.321 e. The van der Waals surface area contributed by atoms with Gasteiger partial charge in [0.25, 0.3) is 12.2 Å². The summed E-state index contributed by atoms with van der Waals surface area (Å²) in [5.74, 6) is -0.791. The summed E-state index contributed by atoms with van der Waals surface area (Å²) in [6.45, 7) is 0. The van der Waals surface area contributed by atoms with Gasteiger partial charge in [0.2, 0.25) is 0 Å². The average molecular weight is 368 g/mol. The Balaban J connectivity index is 2.27. The molecule has 1 N–H and O–H groups in total. The van der Waals surface area contributed by atoms with Gasteiger partial charge in [0.15, 0.2) is 0 Å². The molecule has 0 radical (unpaired) electrons. The highest BCUT2D eigenvalue weighted by atomic mass is 79.9. The first kappa shape index (κ1) is 14.2. The second-order valence-electron chi connectivity index (χ2n) is 4.47. The lowest BCUT2D eigenvalue weighted by Gasteiger charge is -2.11. The number of nitrogens with one attached hydrogen (secondary N) is 1. The number of anilines is 1. The van der Waals surface area contributed by atoms with Crippen LogP contribution in [-0.2, 0) is 4.79 Å². The molecule has 0 aromatic heterocycles. The quantitative estimate of drug-likeness (QED) is 0.755. The fourth-order valence-corrected chi connectivity index (χ4v) is 2.71. The molecule has 3 nitrogen and oxygen atoms in total. The van der Waals surface area contributed by atoms with E-state index in [1.165, 1.54) is 0 Å². The third kappa shape index (κ3) is 2.71. The summed E-state index contributed by atoms with van der Waals surface area (Å²) in [6.07, 6.45) is -1.97. The van der Waals surface area contributed by atoms with E-state index >= 15 is 0 Å². The fourth-order valence-electron chi connectivity index (χ4n) is 2.12. The minimum atomic E-state index is -1.97. The minimum Gasteiger partial charge on any atom is -0.321 e. The number of benzodiazepines with no additional fused rings is 1. The van der Waals surface area contributed by atoms with E-state index in [0.29, 0.717) is 27.5 Å². The van der Waals surface area contributed by atoms with Crippen LogP contribution in [0, 0.1) is 0 Å². The van der Waals surface area contributed by atoms with Gasteiger partial charge in [-0.1, -0.05) is 45.7 Å². The highest BCUT2D eigenvalue weighted by Crippen LogP contribution is 2.29. The number of hydrogen-bond donors (Lipinski definition) is 1. The molecule has 2 aromatic carbocycles. The molecule has 6 heteroatoms. The van der Waals surface area contributed by atoms with E-state index in [-0.39, 0.29) is 0 Å². The lowest BCUT2D eigenvalue weighted by atomic mass is 10.0. The predicted molar refractivity (Wildman–Crippen MR) is 84.8 cm³/mol. The smallest absolute Gasteiger partial charge is 0.281 e. The Bertz CT molecular complexity index is 763. The van der Waals surface area contributed by atoms with Gasteiger partial charge in [-0.2, -0.15) is 0 Å². The third-order valence-electron chi connectivity index (χ3n) is 3.08. The van der Waals surface area contributed by atoms with Crippen LogP contribution in [-0.4, -0.2) is 17.9 Å². The van der Waals surface area contributed by atoms with Gasteiger partial charge in [0.05, 0.1) is 11.4 Å². The second-order valence-corrected chi connectivity index (χ2v) is 5.80. The number of fused-ring (bicyclic) bond motifs is 1. The first-order chi connectivity index (χ1) is 10.1. The van der Waals surface area contributed by atoms with Crippen molar-refractivity contribution in [2.24, 2.45) is 4.99 Å². The predicted octanol–water partition coefficient (Wildman–Crippen LogP) is 4.19. The summed E-state index contributed by atoms with van der Waals surface area (Å²) in [5, 5.41) is 2.97. The molecule has 0 bridgehead atoms. The summed E-state index contributed by atoms with van der Waals surface area (Å²) >= 11 is 9.55. The monoisotopic (exact) mass is 366 g/mol. The van der Waals surface area contributed by atoms with E-state index in [0.717, 1.165) is 4.47 Å². The maximum Gasteiger partial charge on any atom is 0.281 e. The van der Waals surface area contributed by atoms with Crippen LogP contribution in [0.25, 0.3) is 0 Å². The topological polar surface area (TPSA) is 41.5 Å². The number of amides is 1. The van der Waals surface area contributed by atoms with Gasteiger partial charge in [-0.3, -0.25) is 4.79 Å². The Morgan fingerprint density at radius 1 is 1.19 bits per heavy atom. The molecule has 3 rings (SSSR count). The molecule has 0 saturated carbocycles. The van der Waals surface area contributed by atoms with Crippen molar-refractivity contribution in [3.8, 4) is 0 Å². The van der Waals surface area contributed by atoms with Crippen molar-refractivity contribution in [2.45, 2.75) is 6.30 Å². The minimum absolute atomic E-state index is 0.350. The van der Waals surface area contributed by atoms with E-state index < -0.39 is 12.2 Å². The van der Waals surface area contributed by atoms with E-state index in [2.05, 4.69) is 26.2 Å². The second kappa shape index (κ2) is 5.58. The molecular weight excluding hydrogens is 359 g/mol. The third-order valence-corrected chi connectivity index (χ3v) is 3.91. The van der Waals surface area contributed by atoms with Crippen molar-refractivity contribution >= 4 is 44.8 Å². The zero-order valence-corrected chi connectivity index (χ0v) is 13.0. The SMILES string of the molecule is O=C1Nc2ccc(Br)cc2C(c2ccccc2Cl)=NC1F. The molecule has 1 heterocycles. The number of aliphatic imine (C=N–C) groups is 1. The normalized spacial score (nSPS) is 17.6. The van der Waals surface area contributed by atoms with Gasteiger partial charge in [-0.05, 0) is 24.3 Å². The van der Waals surface area contributed by atoms with Gasteiger partial charge < -0.3 is 5.32 Å². The molecule has 21 heavy (non-hydrogen) atoms. The summed E-state index contributed by atoms with van der Waals surface area (Å²) in [6, 6.07) is 12.2. The Labute approximate surface area is 134 Å². The van der Waals surface area contributed by atoms with Crippen LogP contribution in [0.15, 0.2) is 51.9 Å². The first-order valence-corrected chi connectivity index (χ1v) is 7.31. The highest BCUT2D eigenvalue weighted by Gasteiger charge is 2.26. The molecule has 1 aliphatic rings. The van der Waals surface area contributed by atoms with E-state index in [4.69, 9.17) is 11.6 Å². The van der Waals surface area contributed by atoms with Gasteiger partial charge >= 0.3 is 0 Å². The average Bonchev–Trinajstić information content (AvgIpc) is 2.58. The molecule has 1 unspecified atom stereocenters. The van der Waals surface area contributed by atoms with Gasteiger partial charge in [-0.25, -0.2) is 9.38 Å². The number of nitrogens with zero attached hydrogens (tertiary/aromatic N) is 1. The van der Waals surface area contributed by atoms with Crippen molar-refractivity contribution < 1.29 is 9.18 Å². The summed E-state index contributed by atoms with van der Waals surface area (Å²) in [4.78, 5) is 15.6. The van der Waals surface area contributed by atoms with Crippen LogP contribution in [0.5, 0.6) is 0 Å². The molecule has 2 aromatic rings. The number of rotatable bonds is 1. The van der Waals surface area contributed by atoms with E-state index in [1.54, 1.807) is 42.5 Å². The van der Waals surface area contributed by atoms with E-state index in [9.17, 15) is 9.18 Å². The van der Waals surface area contributed by atoms with Crippen LogP contribution < -0.4 is 5.32 Å². The fraction of sp³-hybridized carbons (Fsp3) is 0.0667. The number of carbonyl (C=O) groups excluding carboxylic acids is 1. The van der Waals surface area contributed by atoms with Gasteiger partial charge in [-0.15, -0.1) is 0 Å². The van der Waals surface area contributed by atoms with Crippen LogP contribution >= 0.6 is 27.5 Å². The Morgan fingerprint density at radius 2 is 1.95 bits per heavy atom. The molecule has 1 amide bonds. The highest BCUT2D eigenvalue weighted by molar-refractivity contribution is 9.10. The molecule has 0 fully saturated rings. The lowest BCUT2D eigenvalue weighted by Crippen LogP contribution is -2.21. The lowest BCUT2D eigenvalue weighted by molar-refractivity contribution is -0.120. The van der Waals surface area contributed by atoms with Crippen molar-refractivity contribution in [1.82, 2.24) is 0 Å². The zero-order chi connectivity index (χ0) is 15.0. The number of hydrogen-bond acceptors (Lipinski definition) is 2. The van der Waals surface area contributed by atoms with Crippen molar-refractivity contribution in [3.63, 3.8) is 0 Å². The maximum absolute atomic E-state index is 13.9.